The van der Waals surface area contributed by atoms with E-state index in [9.17, 15) is 9.59 Å². The van der Waals surface area contributed by atoms with Gasteiger partial charge in [0.15, 0.2) is 11.2 Å². The molecule has 0 N–H and O–H groups in total. The van der Waals surface area contributed by atoms with E-state index < -0.39 is 0 Å². The number of ether oxygens (including phenoxy) is 1. The zero-order valence-corrected chi connectivity index (χ0v) is 19.8. The van der Waals surface area contributed by atoms with E-state index in [-0.39, 0.29) is 11.2 Å². The van der Waals surface area contributed by atoms with Crippen LogP contribution in [0, 0.1) is 13.8 Å². The maximum Gasteiger partial charge on any atom is 0.332 e. The van der Waals surface area contributed by atoms with Gasteiger partial charge in [-0.1, -0.05) is 42.5 Å². The molecule has 174 valence electrons. The van der Waals surface area contributed by atoms with Gasteiger partial charge in [-0.15, -0.1) is 0 Å². The molecule has 2 aromatic carbocycles. The lowest BCUT2D eigenvalue weighted by Crippen LogP contribution is -2.39. The van der Waals surface area contributed by atoms with E-state index in [0.29, 0.717) is 36.5 Å². The zero-order chi connectivity index (χ0) is 24.0. The van der Waals surface area contributed by atoms with E-state index in [2.05, 4.69) is 0 Å². The average Bonchev–Trinajstić information content (AvgIpc) is 3.34. The van der Waals surface area contributed by atoms with Crippen LogP contribution < -0.4 is 16.0 Å². The van der Waals surface area contributed by atoms with Crippen molar-refractivity contribution in [1.29, 1.82) is 0 Å². The smallest absolute Gasteiger partial charge is 0.332 e. The first-order valence-corrected chi connectivity index (χ1v) is 11.4. The van der Waals surface area contributed by atoms with E-state index in [0.717, 1.165) is 28.4 Å². The summed E-state index contributed by atoms with van der Waals surface area (Å²) in [5, 5.41) is 0. The van der Waals surface area contributed by atoms with Gasteiger partial charge in [0, 0.05) is 25.0 Å². The SMILES string of the molecule is CCOc1ccccc1-n1c(C)c(C)n2c3c(=O)n(CCc4ccccc4)c(=O)n(C)c3nc12. The number of para-hydroxylation sites is 2. The number of imidazole rings is 2. The molecule has 34 heavy (non-hydrogen) atoms. The van der Waals surface area contributed by atoms with E-state index in [1.165, 1.54) is 9.13 Å². The van der Waals surface area contributed by atoms with Crippen molar-refractivity contribution in [3.05, 3.63) is 92.4 Å². The van der Waals surface area contributed by atoms with Crippen LogP contribution >= 0.6 is 0 Å². The third kappa shape index (κ3) is 3.25. The molecule has 0 aliphatic heterocycles. The summed E-state index contributed by atoms with van der Waals surface area (Å²) in [5.41, 5.74) is 3.80. The Morgan fingerprint density at radius 1 is 0.941 bits per heavy atom. The molecule has 0 fully saturated rings. The van der Waals surface area contributed by atoms with Gasteiger partial charge >= 0.3 is 5.69 Å². The van der Waals surface area contributed by atoms with Crippen molar-refractivity contribution in [2.75, 3.05) is 6.61 Å². The highest BCUT2D eigenvalue weighted by atomic mass is 16.5. The van der Waals surface area contributed by atoms with E-state index in [1.54, 1.807) is 7.05 Å². The van der Waals surface area contributed by atoms with Gasteiger partial charge in [0.05, 0.1) is 12.3 Å². The molecule has 3 aromatic heterocycles. The average molecular weight is 458 g/mol. The highest BCUT2D eigenvalue weighted by Gasteiger charge is 2.24. The third-order valence-electron chi connectivity index (χ3n) is 6.39. The molecule has 0 unspecified atom stereocenters. The lowest BCUT2D eigenvalue weighted by molar-refractivity contribution is 0.339. The predicted octanol–water partition coefficient (Wildman–Crippen LogP) is 3.40. The van der Waals surface area contributed by atoms with E-state index in [1.807, 2.05) is 84.3 Å². The summed E-state index contributed by atoms with van der Waals surface area (Å²) in [6.07, 6.45) is 0.587. The minimum absolute atomic E-state index is 0.296. The van der Waals surface area contributed by atoms with Gasteiger partial charge in [0.25, 0.3) is 5.56 Å². The van der Waals surface area contributed by atoms with Crippen LogP contribution in [-0.2, 0) is 20.0 Å². The second-order valence-electron chi connectivity index (χ2n) is 8.36. The van der Waals surface area contributed by atoms with Crippen molar-refractivity contribution in [3.63, 3.8) is 0 Å². The van der Waals surface area contributed by atoms with Crippen LogP contribution in [0.4, 0.5) is 0 Å². The number of rotatable bonds is 6. The molecule has 8 nitrogen and oxygen atoms in total. The van der Waals surface area contributed by atoms with Gasteiger partial charge in [-0.3, -0.25) is 22.9 Å². The normalized spacial score (nSPS) is 11.5. The molecule has 0 saturated carbocycles. The standard InChI is InChI=1S/C26H27N5O3/c1-5-34-21-14-10-9-13-20(21)30-17(2)18(3)31-22-23(27-25(30)31)28(4)26(33)29(24(22)32)16-15-19-11-7-6-8-12-19/h6-14H,5,15-16H2,1-4H3. The zero-order valence-electron chi connectivity index (χ0n) is 19.8. The van der Waals surface area contributed by atoms with Crippen LogP contribution in [0.1, 0.15) is 23.9 Å². The van der Waals surface area contributed by atoms with E-state index >= 15 is 0 Å². The Labute approximate surface area is 196 Å². The Balaban J connectivity index is 1.76. The molecule has 5 rings (SSSR count). The monoisotopic (exact) mass is 457 g/mol. The van der Waals surface area contributed by atoms with Gasteiger partial charge in [0.1, 0.15) is 5.75 Å². The van der Waals surface area contributed by atoms with Gasteiger partial charge < -0.3 is 4.74 Å². The van der Waals surface area contributed by atoms with Crippen molar-refractivity contribution in [1.82, 2.24) is 23.1 Å². The maximum atomic E-state index is 13.6. The van der Waals surface area contributed by atoms with Gasteiger partial charge in [-0.25, -0.2) is 4.79 Å². The number of nitrogens with zero attached hydrogens (tertiary/aromatic N) is 5. The van der Waals surface area contributed by atoms with Crippen LogP contribution in [0.25, 0.3) is 22.6 Å². The number of benzene rings is 2. The molecule has 0 saturated heterocycles. The molecular weight excluding hydrogens is 430 g/mol. The highest BCUT2D eigenvalue weighted by molar-refractivity contribution is 5.77. The molecule has 0 radical (unpaired) electrons. The second-order valence-corrected chi connectivity index (χ2v) is 8.36. The molecule has 8 heteroatoms. The van der Waals surface area contributed by atoms with Crippen LogP contribution in [0.5, 0.6) is 5.75 Å². The number of aromatic nitrogens is 5. The largest absolute Gasteiger partial charge is 0.492 e. The fourth-order valence-corrected chi connectivity index (χ4v) is 4.54. The molecule has 3 heterocycles. The third-order valence-corrected chi connectivity index (χ3v) is 6.39. The summed E-state index contributed by atoms with van der Waals surface area (Å²) in [6.45, 7) is 6.72. The van der Waals surface area contributed by atoms with Crippen LogP contribution in [-0.4, -0.2) is 29.7 Å². The van der Waals surface area contributed by atoms with Crippen molar-refractivity contribution >= 4 is 16.9 Å². The quantitative estimate of drug-likeness (QED) is 0.392. The first kappa shape index (κ1) is 21.8. The summed E-state index contributed by atoms with van der Waals surface area (Å²) < 4.78 is 12.5. The minimum Gasteiger partial charge on any atom is -0.492 e. The van der Waals surface area contributed by atoms with Crippen LogP contribution in [0.15, 0.2) is 64.2 Å². The molecule has 0 atom stereocenters. The number of hydrogen-bond donors (Lipinski definition) is 0. The van der Waals surface area contributed by atoms with E-state index in [4.69, 9.17) is 9.72 Å². The Bertz CT molecular complexity index is 1640. The van der Waals surface area contributed by atoms with Crippen molar-refractivity contribution in [2.45, 2.75) is 33.7 Å². The van der Waals surface area contributed by atoms with Crippen molar-refractivity contribution < 1.29 is 4.74 Å². The molecule has 0 aliphatic carbocycles. The Morgan fingerprint density at radius 3 is 2.38 bits per heavy atom. The maximum absolute atomic E-state index is 13.6. The van der Waals surface area contributed by atoms with Crippen molar-refractivity contribution in [3.8, 4) is 11.4 Å². The predicted molar refractivity (Wildman–Crippen MR) is 132 cm³/mol. The molecule has 0 spiro atoms. The number of aryl methyl sites for hydroxylation is 3. The topological polar surface area (TPSA) is 75.5 Å². The number of hydrogen-bond acceptors (Lipinski definition) is 4. The lowest BCUT2D eigenvalue weighted by Gasteiger charge is -2.12. The van der Waals surface area contributed by atoms with Gasteiger partial charge in [-0.2, -0.15) is 4.98 Å². The van der Waals surface area contributed by atoms with Crippen LogP contribution in [0.3, 0.4) is 0 Å². The summed E-state index contributed by atoms with van der Waals surface area (Å²) in [7, 11) is 1.66. The summed E-state index contributed by atoms with van der Waals surface area (Å²) >= 11 is 0. The molecule has 0 bridgehead atoms. The first-order valence-electron chi connectivity index (χ1n) is 11.4. The van der Waals surface area contributed by atoms with Crippen molar-refractivity contribution in [2.24, 2.45) is 7.05 Å². The highest BCUT2D eigenvalue weighted by Crippen LogP contribution is 2.30. The summed E-state index contributed by atoms with van der Waals surface area (Å²) in [4.78, 5) is 31.5. The molecular formula is C26H27N5O3. The summed E-state index contributed by atoms with van der Waals surface area (Å²) in [5.74, 6) is 1.30. The fraction of sp³-hybridized carbons (Fsp3) is 0.269. The summed E-state index contributed by atoms with van der Waals surface area (Å²) in [6, 6.07) is 17.6. The Morgan fingerprint density at radius 2 is 1.65 bits per heavy atom. The lowest BCUT2D eigenvalue weighted by atomic mass is 10.1. The van der Waals surface area contributed by atoms with Gasteiger partial charge in [0.2, 0.25) is 5.78 Å². The second kappa shape index (κ2) is 8.37. The Hall–Kier alpha value is -4.07. The first-order chi connectivity index (χ1) is 16.4. The Kier molecular flexibility index (Phi) is 5.36. The van der Waals surface area contributed by atoms with Gasteiger partial charge in [-0.05, 0) is 44.9 Å². The molecule has 0 aliphatic rings. The molecule has 0 amide bonds. The molecule has 5 aromatic rings. The van der Waals surface area contributed by atoms with Crippen LogP contribution in [0.2, 0.25) is 0 Å². The number of fused-ring (bicyclic) bond motifs is 3. The fourth-order valence-electron chi connectivity index (χ4n) is 4.54. The minimum atomic E-state index is -0.371.